The highest BCUT2D eigenvalue weighted by Crippen LogP contribution is 2.46. The third-order valence-corrected chi connectivity index (χ3v) is 7.87. The smallest absolute Gasteiger partial charge is 0.262 e. The molecule has 0 amide bonds. The first kappa shape index (κ1) is 30.2. The molecular formula is C30H30N2O8P2. The van der Waals surface area contributed by atoms with Crippen LogP contribution < -0.4 is 18.9 Å². The molecule has 0 saturated carbocycles. The summed E-state index contributed by atoms with van der Waals surface area (Å²) < 4.78 is 22.5. The Morgan fingerprint density at radius 3 is 1.31 bits per heavy atom. The molecule has 5 aromatic rings. The predicted octanol–water partition coefficient (Wildman–Crippen LogP) is 2.51. The zero-order chi connectivity index (χ0) is 30.4. The van der Waals surface area contributed by atoms with Crippen LogP contribution in [0.1, 0.15) is 22.3 Å². The second-order valence-corrected chi connectivity index (χ2v) is 12.3. The van der Waals surface area contributed by atoms with Crippen LogP contribution in [0.2, 0.25) is 0 Å². The number of pyridine rings is 2. The highest BCUT2D eigenvalue weighted by molar-refractivity contribution is 7.43. The second-order valence-electron chi connectivity index (χ2n) is 10.3. The van der Waals surface area contributed by atoms with E-state index in [2.05, 4.69) is 96.0 Å². The van der Waals surface area contributed by atoms with Crippen molar-refractivity contribution >= 4 is 37.2 Å². The number of hydrogen-bond donors (Lipinski definition) is 4. The number of phosphoric acid groups is 2. The molecule has 0 fully saturated rings. The molecule has 42 heavy (non-hydrogen) atoms. The first-order valence-electron chi connectivity index (χ1n) is 13.2. The Balaban J connectivity index is 0.000000308. The van der Waals surface area contributed by atoms with Crippen LogP contribution in [-0.2, 0) is 35.1 Å². The van der Waals surface area contributed by atoms with Gasteiger partial charge in [0.1, 0.15) is 0 Å². The van der Waals surface area contributed by atoms with E-state index in [1.165, 1.54) is 55.2 Å². The minimum absolute atomic E-state index is 1.04. The first-order chi connectivity index (χ1) is 19.7. The molecule has 0 saturated heterocycles. The van der Waals surface area contributed by atoms with Gasteiger partial charge >= 0.3 is 0 Å². The number of rotatable bonds is 0. The van der Waals surface area contributed by atoms with E-state index in [-0.39, 0.29) is 0 Å². The maximum atomic E-state index is 8.77. The van der Waals surface area contributed by atoms with Gasteiger partial charge in [0.15, 0.2) is 25.5 Å². The molecule has 7 rings (SSSR count). The lowest BCUT2D eigenvalue weighted by Crippen LogP contribution is -2.43. The third kappa shape index (κ3) is 6.22. The molecule has 12 heteroatoms. The molecule has 10 nitrogen and oxygen atoms in total. The molecule has 4 N–H and O–H groups in total. The van der Waals surface area contributed by atoms with Crippen molar-refractivity contribution in [1.82, 2.24) is 0 Å². The van der Waals surface area contributed by atoms with Gasteiger partial charge in [-0.2, -0.15) is 9.13 Å². The van der Waals surface area contributed by atoms with E-state index in [4.69, 9.17) is 38.5 Å². The van der Waals surface area contributed by atoms with E-state index in [1.54, 1.807) is 11.1 Å². The van der Waals surface area contributed by atoms with E-state index in [0.717, 1.165) is 25.9 Å². The highest BCUT2D eigenvalue weighted by atomic mass is 31.2. The fraction of sp³-hybridized carbons (Fsp3) is 0.200. The normalized spacial score (nSPS) is 13.5. The number of aromatic nitrogens is 2. The summed E-state index contributed by atoms with van der Waals surface area (Å²) in [6, 6.07) is 22.3. The average Bonchev–Trinajstić information content (AvgIpc) is 2.92. The number of fused-ring (bicyclic) bond motifs is 11. The zero-order valence-corrected chi connectivity index (χ0v) is 24.8. The van der Waals surface area contributed by atoms with Gasteiger partial charge in [-0.3, -0.25) is 9.13 Å². The lowest BCUT2D eigenvalue weighted by atomic mass is 9.78. The molecule has 0 spiro atoms. The Kier molecular flexibility index (Phi) is 8.20. The number of benzene rings is 3. The topological polar surface area (TPSA) is 169 Å². The van der Waals surface area contributed by atoms with Gasteiger partial charge in [0, 0.05) is 25.0 Å². The van der Waals surface area contributed by atoms with Crippen LogP contribution in [0, 0.1) is 13.8 Å². The van der Waals surface area contributed by atoms with Gasteiger partial charge in [0.05, 0.1) is 21.9 Å². The molecule has 2 aliphatic rings. The highest BCUT2D eigenvalue weighted by Gasteiger charge is 2.37. The molecular weight excluding hydrogens is 578 g/mol. The van der Waals surface area contributed by atoms with Gasteiger partial charge in [0.25, 0.3) is 15.6 Å². The molecule has 0 radical (unpaired) electrons. The van der Waals surface area contributed by atoms with Crippen LogP contribution >= 0.6 is 15.6 Å². The van der Waals surface area contributed by atoms with E-state index in [1.807, 2.05) is 0 Å². The van der Waals surface area contributed by atoms with Crippen molar-refractivity contribution in [2.75, 3.05) is 0 Å². The summed E-state index contributed by atoms with van der Waals surface area (Å²) in [7, 11) is -9.78. The summed E-state index contributed by atoms with van der Waals surface area (Å²) >= 11 is 0. The zero-order valence-electron chi connectivity index (χ0n) is 23.0. The van der Waals surface area contributed by atoms with Crippen molar-refractivity contribution in [1.29, 1.82) is 0 Å². The Morgan fingerprint density at radius 1 is 0.619 bits per heavy atom. The van der Waals surface area contributed by atoms with Gasteiger partial charge in [-0.25, -0.2) is 0 Å². The van der Waals surface area contributed by atoms with E-state index < -0.39 is 15.6 Å². The average molecular weight is 609 g/mol. The van der Waals surface area contributed by atoms with Crippen molar-refractivity contribution in [3.8, 4) is 22.5 Å². The minimum atomic E-state index is -4.89. The fourth-order valence-electron chi connectivity index (χ4n) is 6.19. The van der Waals surface area contributed by atoms with Crippen molar-refractivity contribution in [2.24, 2.45) is 0 Å². The molecule has 218 valence electrons. The maximum Gasteiger partial charge on any atom is 0.262 e. The van der Waals surface area contributed by atoms with Crippen molar-refractivity contribution in [3.63, 3.8) is 0 Å². The SMILES string of the molecule is Cc1c(C)c2c(c3c1CC[n+]1ccc4ccccc4c1-3)-c1c3ccccc3cc[n+]1CC2.O=P([O-])(O)O.O=P([O-])(O)O. The second kappa shape index (κ2) is 11.4. The largest absolute Gasteiger partial charge is 0.756 e. The monoisotopic (exact) mass is 608 g/mol. The summed E-state index contributed by atoms with van der Waals surface area (Å²) in [6.45, 7) is 6.78. The minimum Gasteiger partial charge on any atom is -0.756 e. The summed E-state index contributed by atoms with van der Waals surface area (Å²) in [5.41, 5.74) is 11.8. The summed E-state index contributed by atoms with van der Waals surface area (Å²) in [5.74, 6) is 0. The standard InChI is InChI=1S/C30H26N2.2H3O4P/c1-19-20(2)24-14-18-32-16-12-22-8-4-6-10-26(22)30(32)28(24)27-23(19)13-17-31-15-11-21-7-3-5-9-25(21)29(27)31;2*1-5(2,3)4/h3-12,15-16H,13-14,17-18H2,1-2H3;2*(H3,1,2,3,4)/q+2;;/p-2. The maximum absolute atomic E-state index is 8.77. The lowest BCUT2D eigenvalue weighted by molar-refractivity contribution is -0.688. The Bertz CT molecular complexity index is 1790. The summed E-state index contributed by atoms with van der Waals surface area (Å²) in [5, 5.41) is 5.36. The molecule has 0 unspecified atom stereocenters. The van der Waals surface area contributed by atoms with Crippen molar-refractivity contribution in [3.05, 3.63) is 95.3 Å². The van der Waals surface area contributed by atoms with Gasteiger partial charge in [-0.1, -0.05) is 36.4 Å². The van der Waals surface area contributed by atoms with Crippen molar-refractivity contribution < 1.29 is 47.6 Å². The Hall–Kier alpha value is -3.30. The lowest BCUT2D eigenvalue weighted by Gasteiger charge is -2.27. The van der Waals surface area contributed by atoms with E-state index in [0.29, 0.717) is 0 Å². The van der Waals surface area contributed by atoms with Crippen LogP contribution in [0.3, 0.4) is 0 Å². The van der Waals surface area contributed by atoms with E-state index in [9.17, 15) is 0 Å². The predicted molar refractivity (Wildman–Crippen MR) is 154 cm³/mol. The number of aryl methyl sites for hydroxylation is 2. The molecule has 2 aliphatic heterocycles. The molecule has 2 aromatic heterocycles. The molecule has 0 bridgehead atoms. The van der Waals surface area contributed by atoms with E-state index >= 15 is 0 Å². The number of nitrogens with zero attached hydrogens (tertiary/aromatic N) is 2. The van der Waals surface area contributed by atoms with Gasteiger partial charge in [0.2, 0.25) is 11.4 Å². The van der Waals surface area contributed by atoms with Crippen LogP contribution in [0.4, 0.5) is 0 Å². The summed E-state index contributed by atoms with van der Waals surface area (Å²) in [6.07, 6.45) is 6.77. The summed E-state index contributed by atoms with van der Waals surface area (Å²) in [4.78, 5) is 45.8. The Morgan fingerprint density at radius 2 is 0.952 bits per heavy atom. The van der Waals surface area contributed by atoms with Crippen LogP contribution in [0.15, 0.2) is 73.1 Å². The number of hydrogen-bond acceptors (Lipinski definition) is 4. The molecule has 0 aliphatic carbocycles. The first-order valence-corrected chi connectivity index (χ1v) is 16.3. The van der Waals surface area contributed by atoms with Gasteiger partial charge < -0.3 is 29.4 Å². The molecule has 3 aromatic carbocycles. The van der Waals surface area contributed by atoms with Gasteiger partial charge in [-0.05, 0) is 59.0 Å². The van der Waals surface area contributed by atoms with Crippen LogP contribution in [0.25, 0.3) is 44.1 Å². The van der Waals surface area contributed by atoms with Gasteiger partial charge in [-0.15, -0.1) is 0 Å². The van der Waals surface area contributed by atoms with Crippen LogP contribution in [-0.4, -0.2) is 19.6 Å². The fourth-order valence-corrected chi connectivity index (χ4v) is 6.19. The molecule has 4 heterocycles. The third-order valence-electron chi connectivity index (χ3n) is 7.87. The quantitative estimate of drug-likeness (QED) is 0.154. The molecule has 0 atom stereocenters. The van der Waals surface area contributed by atoms with Crippen molar-refractivity contribution in [2.45, 2.75) is 39.8 Å². The Labute approximate surface area is 242 Å². The van der Waals surface area contributed by atoms with Crippen LogP contribution in [0.5, 0.6) is 0 Å².